The summed E-state index contributed by atoms with van der Waals surface area (Å²) in [5, 5.41) is 5.87. The van der Waals surface area contributed by atoms with Crippen LogP contribution >= 0.6 is 0 Å². The number of benzene rings is 1. The summed E-state index contributed by atoms with van der Waals surface area (Å²) in [4.78, 5) is 16.5. The minimum absolute atomic E-state index is 0.200. The largest absolute Gasteiger partial charge is 0.497 e. The summed E-state index contributed by atoms with van der Waals surface area (Å²) in [5.74, 6) is 1.51. The molecule has 0 saturated heterocycles. The zero-order chi connectivity index (χ0) is 16.7. The first-order chi connectivity index (χ1) is 11.2. The van der Waals surface area contributed by atoms with E-state index in [4.69, 9.17) is 4.74 Å². The molecule has 1 aromatic carbocycles. The van der Waals surface area contributed by atoms with Crippen LogP contribution in [0.5, 0.6) is 5.75 Å². The Kier molecular flexibility index (Phi) is 6.02. The second-order valence-electron chi connectivity index (χ2n) is 5.36. The number of carbonyl (C=O) groups excluding carboxylic acids is 1. The second kappa shape index (κ2) is 8.22. The van der Waals surface area contributed by atoms with E-state index in [1.807, 2.05) is 42.1 Å². The average Bonchev–Trinajstić information content (AvgIpc) is 2.99. The van der Waals surface area contributed by atoms with Crippen LogP contribution in [-0.4, -0.2) is 29.2 Å². The Hall–Kier alpha value is -2.50. The Morgan fingerprint density at radius 3 is 2.91 bits per heavy atom. The van der Waals surface area contributed by atoms with E-state index in [-0.39, 0.29) is 12.1 Å². The van der Waals surface area contributed by atoms with Gasteiger partial charge in [0.2, 0.25) is 0 Å². The Balaban J connectivity index is 2.22. The van der Waals surface area contributed by atoms with Crippen LogP contribution < -0.4 is 15.4 Å². The number of nitrogens with one attached hydrogen (secondary N) is 2. The smallest absolute Gasteiger partial charge is 0.315 e. The molecule has 0 aliphatic carbocycles. The van der Waals surface area contributed by atoms with Crippen LogP contribution in [0, 0.1) is 0 Å². The van der Waals surface area contributed by atoms with Gasteiger partial charge in [-0.15, -0.1) is 0 Å². The topological polar surface area (TPSA) is 68.2 Å². The van der Waals surface area contributed by atoms with Crippen molar-refractivity contribution in [2.75, 3.05) is 13.7 Å². The standard InChI is InChI=1S/C17H24N4O2/c1-4-5-9-19-17(22)20-15(16-18-10-11-21(16)2)13-7-6-8-14(12-13)23-3/h6-8,10-12,15H,4-5,9H2,1-3H3,(H2,19,20,22)/t15-/m0/s1. The molecule has 0 unspecified atom stereocenters. The Morgan fingerprint density at radius 1 is 1.43 bits per heavy atom. The van der Waals surface area contributed by atoms with Gasteiger partial charge >= 0.3 is 6.03 Å². The number of aromatic nitrogens is 2. The highest BCUT2D eigenvalue weighted by Crippen LogP contribution is 2.24. The number of hydrogen-bond donors (Lipinski definition) is 2. The summed E-state index contributed by atoms with van der Waals surface area (Å²) < 4.78 is 7.18. The number of nitrogens with zero attached hydrogens (tertiary/aromatic N) is 2. The summed E-state index contributed by atoms with van der Waals surface area (Å²) in [7, 11) is 3.53. The normalized spacial score (nSPS) is 11.8. The third kappa shape index (κ3) is 4.48. The van der Waals surface area contributed by atoms with E-state index in [0.717, 1.165) is 30.0 Å². The van der Waals surface area contributed by atoms with E-state index in [1.54, 1.807) is 13.3 Å². The maximum atomic E-state index is 12.2. The summed E-state index contributed by atoms with van der Waals surface area (Å²) >= 11 is 0. The number of rotatable bonds is 7. The summed E-state index contributed by atoms with van der Waals surface area (Å²) in [5.41, 5.74) is 0.921. The van der Waals surface area contributed by atoms with Gasteiger partial charge in [0.1, 0.15) is 17.6 Å². The quantitative estimate of drug-likeness (QED) is 0.772. The van der Waals surface area contributed by atoms with E-state index in [1.165, 1.54) is 0 Å². The van der Waals surface area contributed by atoms with Gasteiger partial charge in [-0.3, -0.25) is 0 Å². The van der Waals surface area contributed by atoms with Crippen LogP contribution in [0.4, 0.5) is 4.79 Å². The lowest BCUT2D eigenvalue weighted by Crippen LogP contribution is -2.39. The molecule has 2 N–H and O–H groups in total. The first kappa shape index (κ1) is 16.9. The number of unbranched alkanes of at least 4 members (excludes halogenated alkanes) is 1. The van der Waals surface area contributed by atoms with E-state index in [2.05, 4.69) is 22.5 Å². The molecular formula is C17H24N4O2. The number of methoxy groups -OCH3 is 1. The fraction of sp³-hybridized carbons (Fsp3) is 0.412. The van der Waals surface area contributed by atoms with Gasteiger partial charge in [-0.25, -0.2) is 9.78 Å². The molecular weight excluding hydrogens is 292 g/mol. The molecule has 0 spiro atoms. The lowest BCUT2D eigenvalue weighted by atomic mass is 10.1. The summed E-state index contributed by atoms with van der Waals surface area (Å²) in [6.07, 6.45) is 5.58. The van der Waals surface area contributed by atoms with Gasteiger partial charge in [-0.05, 0) is 24.1 Å². The van der Waals surface area contributed by atoms with Gasteiger partial charge in [0.25, 0.3) is 0 Å². The van der Waals surface area contributed by atoms with Gasteiger partial charge in [-0.2, -0.15) is 0 Å². The molecule has 23 heavy (non-hydrogen) atoms. The van der Waals surface area contributed by atoms with Crippen LogP contribution in [0.3, 0.4) is 0 Å². The van der Waals surface area contributed by atoms with E-state index in [9.17, 15) is 4.79 Å². The molecule has 6 heteroatoms. The first-order valence-corrected chi connectivity index (χ1v) is 7.81. The van der Waals surface area contributed by atoms with Crippen LogP contribution in [-0.2, 0) is 7.05 Å². The fourth-order valence-corrected chi connectivity index (χ4v) is 2.33. The van der Waals surface area contributed by atoms with E-state index < -0.39 is 0 Å². The molecule has 0 bridgehead atoms. The molecule has 1 heterocycles. The van der Waals surface area contributed by atoms with Crippen molar-refractivity contribution in [1.29, 1.82) is 0 Å². The van der Waals surface area contributed by atoms with E-state index >= 15 is 0 Å². The Bertz CT molecular complexity index is 639. The number of hydrogen-bond acceptors (Lipinski definition) is 3. The first-order valence-electron chi connectivity index (χ1n) is 7.81. The molecule has 0 saturated carbocycles. The van der Waals surface area contributed by atoms with Crippen LogP contribution in [0.2, 0.25) is 0 Å². The SMILES string of the molecule is CCCCNC(=O)N[C@@H](c1cccc(OC)c1)c1nccn1C. The monoisotopic (exact) mass is 316 g/mol. The van der Waals surface area contributed by atoms with Crippen molar-refractivity contribution in [2.24, 2.45) is 7.05 Å². The van der Waals surface area contributed by atoms with E-state index in [0.29, 0.717) is 6.54 Å². The maximum Gasteiger partial charge on any atom is 0.315 e. The third-order valence-electron chi connectivity index (χ3n) is 3.64. The van der Waals surface area contributed by atoms with Crippen LogP contribution in [0.15, 0.2) is 36.7 Å². The second-order valence-corrected chi connectivity index (χ2v) is 5.36. The Labute approximate surface area is 136 Å². The number of carbonyl (C=O) groups is 1. The molecule has 6 nitrogen and oxygen atoms in total. The van der Waals surface area contributed by atoms with Crippen molar-refractivity contribution in [3.8, 4) is 5.75 Å². The zero-order valence-corrected chi connectivity index (χ0v) is 13.9. The molecule has 0 fully saturated rings. The maximum absolute atomic E-state index is 12.2. The fourth-order valence-electron chi connectivity index (χ4n) is 2.33. The van der Waals surface area contributed by atoms with Crippen LogP contribution in [0.25, 0.3) is 0 Å². The summed E-state index contributed by atoms with van der Waals surface area (Å²) in [6.45, 7) is 2.75. The van der Waals surface area contributed by atoms with Crippen molar-refractivity contribution >= 4 is 6.03 Å². The van der Waals surface area contributed by atoms with Gasteiger partial charge in [0, 0.05) is 26.0 Å². The van der Waals surface area contributed by atoms with Gasteiger partial charge in [0.15, 0.2) is 0 Å². The number of ether oxygens (including phenoxy) is 1. The van der Waals surface area contributed by atoms with Crippen molar-refractivity contribution in [3.05, 3.63) is 48.0 Å². The number of amides is 2. The molecule has 1 aromatic heterocycles. The van der Waals surface area contributed by atoms with Crippen molar-refractivity contribution in [3.63, 3.8) is 0 Å². The zero-order valence-electron chi connectivity index (χ0n) is 13.9. The predicted molar refractivity (Wildman–Crippen MR) is 89.5 cm³/mol. The molecule has 2 rings (SSSR count). The molecule has 124 valence electrons. The highest BCUT2D eigenvalue weighted by Gasteiger charge is 2.21. The third-order valence-corrected chi connectivity index (χ3v) is 3.64. The van der Waals surface area contributed by atoms with Gasteiger partial charge < -0.3 is 19.9 Å². The number of aryl methyl sites for hydroxylation is 1. The highest BCUT2D eigenvalue weighted by atomic mass is 16.5. The minimum atomic E-state index is -0.341. The molecule has 0 radical (unpaired) electrons. The number of urea groups is 1. The number of imidazole rings is 1. The minimum Gasteiger partial charge on any atom is -0.497 e. The summed E-state index contributed by atoms with van der Waals surface area (Å²) in [6, 6.07) is 7.10. The average molecular weight is 316 g/mol. The highest BCUT2D eigenvalue weighted by molar-refractivity contribution is 5.74. The van der Waals surface area contributed by atoms with Crippen molar-refractivity contribution in [2.45, 2.75) is 25.8 Å². The van der Waals surface area contributed by atoms with Crippen LogP contribution in [0.1, 0.15) is 37.2 Å². The van der Waals surface area contributed by atoms with Gasteiger partial charge in [-0.1, -0.05) is 25.5 Å². The lowest BCUT2D eigenvalue weighted by molar-refractivity contribution is 0.238. The predicted octanol–water partition coefficient (Wildman–Crippen LogP) is 2.62. The molecule has 2 amide bonds. The molecule has 1 atom stereocenters. The van der Waals surface area contributed by atoms with Gasteiger partial charge in [0.05, 0.1) is 7.11 Å². The molecule has 2 aromatic rings. The van der Waals surface area contributed by atoms with Crippen molar-refractivity contribution < 1.29 is 9.53 Å². The molecule has 0 aliphatic rings. The Morgan fingerprint density at radius 2 is 2.26 bits per heavy atom. The molecule has 0 aliphatic heterocycles. The van der Waals surface area contributed by atoms with Crippen molar-refractivity contribution in [1.82, 2.24) is 20.2 Å². The lowest BCUT2D eigenvalue weighted by Gasteiger charge is -2.20.